The first-order valence-electron chi connectivity index (χ1n) is 13.7. The van der Waals surface area contributed by atoms with Crippen LogP contribution in [0.2, 0.25) is 0 Å². The molecule has 2 aromatic carbocycles. The minimum atomic E-state index is -1.63. The number of carbonyl (C=O) groups is 1. The highest BCUT2D eigenvalue weighted by molar-refractivity contribution is 6.43. The summed E-state index contributed by atoms with van der Waals surface area (Å²) in [6, 6.07) is 18.0. The van der Waals surface area contributed by atoms with E-state index in [4.69, 9.17) is 4.74 Å². The summed E-state index contributed by atoms with van der Waals surface area (Å²) in [6.07, 6.45) is 5.98. The van der Waals surface area contributed by atoms with Crippen molar-refractivity contribution in [1.29, 1.82) is 0 Å². The zero-order valence-electron chi connectivity index (χ0n) is 22.8. The second-order valence-electron chi connectivity index (χ2n) is 10.8. The van der Waals surface area contributed by atoms with E-state index in [1.165, 1.54) is 19.3 Å². The predicted molar refractivity (Wildman–Crippen MR) is 151 cm³/mol. The lowest BCUT2D eigenvalue weighted by atomic mass is 9.73. The number of ether oxygens (including phenoxy) is 1. The van der Waals surface area contributed by atoms with E-state index in [0.29, 0.717) is 6.61 Å². The number of amides is 1. The standard InChI is InChI=1S/C29H41BN4O4/c1-22(2)28(30(36)37)31-27(35)21-34-26(23-11-6-4-7-12-23)20-29(3,32-34)24-13-10-14-25(19-24)38-18-17-33-15-8-5-9-16-33/h4,6-7,10-14,19-20,22,28,32,36-37H,5,8-9,15-18,21H2,1-3H3,(H,31,35)/t28-,29?/m0/s1. The van der Waals surface area contributed by atoms with Gasteiger partial charge in [-0.15, -0.1) is 0 Å². The first-order valence-corrected chi connectivity index (χ1v) is 13.7. The molecule has 2 aromatic rings. The third-order valence-electron chi connectivity index (χ3n) is 7.38. The Hall–Kier alpha value is -2.85. The van der Waals surface area contributed by atoms with Gasteiger partial charge in [0.05, 0.1) is 17.2 Å². The first kappa shape index (κ1) is 28.2. The van der Waals surface area contributed by atoms with Crippen LogP contribution in [0.1, 0.15) is 51.2 Å². The molecule has 2 aliphatic heterocycles. The van der Waals surface area contributed by atoms with Gasteiger partial charge in [-0.05, 0) is 68.1 Å². The van der Waals surface area contributed by atoms with Gasteiger partial charge in [-0.1, -0.05) is 62.7 Å². The normalized spacial score (nSPS) is 20.8. The maximum Gasteiger partial charge on any atom is 0.475 e. The van der Waals surface area contributed by atoms with E-state index in [1.807, 2.05) is 61.3 Å². The van der Waals surface area contributed by atoms with Gasteiger partial charge in [0.25, 0.3) is 0 Å². The van der Waals surface area contributed by atoms with E-state index in [2.05, 4.69) is 40.8 Å². The van der Waals surface area contributed by atoms with Gasteiger partial charge in [0.15, 0.2) is 0 Å². The lowest BCUT2D eigenvalue weighted by Crippen LogP contribution is -2.53. The van der Waals surface area contributed by atoms with Crippen molar-refractivity contribution in [3.05, 3.63) is 71.8 Å². The van der Waals surface area contributed by atoms with E-state index in [9.17, 15) is 14.8 Å². The van der Waals surface area contributed by atoms with E-state index < -0.39 is 18.6 Å². The average molecular weight is 520 g/mol. The fourth-order valence-corrected chi connectivity index (χ4v) is 5.19. The van der Waals surface area contributed by atoms with Crippen LogP contribution in [0.3, 0.4) is 0 Å². The van der Waals surface area contributed by atoms with Gasteiger partial charge in [-0.25, -0.2) is 5.43 Å². The predicted octanol–water partition coefficient (Wildman–Crippen LogP) is 2.78. The molecule has 9 heteroatoms. The van der Waals surface area contributed by atoms with Crippen molar-refractivity contribution in [2.24, 2.45) is 5.92 Å². The number of hydrazine groups is 1. The van der Waals surface area contributed by atoms with Crippen LogP contribution >= 0.6 is 0 Å². The number of hydrogen-bond donors (Lipinski definition) is 4. The number of likely N-dealkylation sites (tertiary alicyclic amines) is 1. The van der Waals surface area contributed by atoms with E-state index in [0.717, 1.165) is 42.2 Å². The van der Waals surface area contributed by atoms with Crippen LogP contribution in [0.15, 0.2) is 60.7 Å². The molecule has 0 aromatic heterocycles. The lowest BCUT2D eigenvalue weighted by molar-refractivity contribution is -0.122. The number of nitrogens with zero attached hydrogens (tertiary/aromatic N) is 2. The van der Waals surface area contributed by atoms with Crippen molar-refractivity contribution >= 4 is 18.7 Å². The minimum absolute atomic E-state index is 0.0122. The number of carbonyl (C=O) groups excluding carboxylic acids is 1. The third kappa shape index (κ3) is 7.17. The Morgan fingerprint density at radius 1 is 1.11 bits per heavy atom. The number of nitrogens with one attached hydrogen (secondary N) is 2. The average Bonchev–Trinajstić information content (AvgIpc) is 3.25. The van der Waals surface area contributed by atoms with Crippen LogP contribution in [0.5, 0.6) is 5.75 Å². The Kier molecular flexibility index (Phi) is 9.49. The Bertz CT molecular complexity index is 1080. The molecule has 1 amide bonds. The lowest BCUT2D eigenvalue weighted by Gasteiger charge is -2.30. The number of hydrogen-bond acceptors (Lipinski definition) is 7. The van der Waals surface area contributed by atoms with Crippen LogP contribution in [0.4, 0.5) is 0 Å². The van der Waals surface area contributed by atoms with Crippen molar-refractivity contribution in [3.63, 3.8) is 0 Å². The summed E-state index contributed by atoms with van der Waals surface area (Å²) < 4.78 is 6.13. The summed E-state index contributed by atoms with van der Waals surface area (Å²) in [5, 5.41) is 24.0. The third-order valence-corrected chi connectivity index (χ3v) is 7.38. The Labute approximate surface area is 226 Å². The molecule has 2 atom stereocenters. The van der Waals surface area contributed by atoms with Crippen molar-refractivity contribution in [2.45, 2.75) is 51.5 Å². The Morgan fingerprint density at radius 3 is 2.53 bits per heavy atom. The zero-order valence-corrected chi connectivity index (χ0v) is 22.8. The maximum absolute atomic E-state index is 13.0. The van der Waals surface area contributed by atoms with Crippen LogP contribution in [0, 0.1) is 5.92 Å². The molecule has 1 unspecified atom stereocenters. The molecular formula is C29H41BN4O4. The molecule has 0 bridgehead atoms. The molecule has 0 aliphatic carbocycles. The monoisotopic (exact) mass is 520 g/mol. The van der Waals surface area contributed by atoms with E-state index >= 15 is 0 Å². The highest BCUT2D eigenvalue weighted by atomic mass is 16.5. The number of piperidine rings is 1. The van der Waals surface area contributed by atoms with Gasteiger partial charge >= 0.3 is 7.12 Å². The van der Waals surface area contributed by atoms with Gasteiger partial charge in [-0.2, -0.15) is 0 Å². The molecule has 1 saturated heterocycles. The number of rotatable bonds is 11. The maximum atomic E-state index is 13.0. The highest BCUT2D eigenvalue weighted by Gasteiger charge is 2.37. The summed E-state index contributed by atoms with van der Waals surface area (Å²) in [4.78, 5) is 15.4. The van der Waals surface area contributed by atoms with Gasteiger partial charge in [0.2, 0.25) is 5.91 Å². The minimum Gasteiger partial charge on any atom is -0.492 e. The second-order valence-corrected chi connectivity index (χ2v) is 10.8. The first-order chi connectivity index (χ1) is 18.2. The van der Waals surface area contributed by atoms with Gasteiger partial charge < -0.3 is 20.1 Å². The van der Waals surface area contributed by atoms with E-state index in [1.54, 1.807) is 0 Å². The molecule has 38 heavy (non-hydrogen) atoms. The molecule has 2 aliphatic rings. The van der Waals surface area contributed by atoms with Crippen LogP contribution in [-0.4, -0.2) is 71.7 Å². The number of benzene rings is 2. The molecular weight excluding hydrogens is 479 g/mol. The summed E-state index contributed by atoms with van der Waals surface area (Å²) in [7, 11) is -1.63. The highest BCUT2D eigenvalue weighted by Crippen LogP contribution is 2.36. The summed E-state index contributed by atoms with van der Waals surface area (Å²) in [5.41, 5.74) is 5.83. The largest absolute Gasteiger partial charge is 0.492 e. The van der Waals surface area contributed by atoms with Gasteiger partial charge in [0.1, 0.15) is 18.9 Å². The van der Waals surface area contributed by atoms with Crippen LogP contribution in [-0.2, 0) is 10.3 Å². The van der Waals surface area contributed by atoms with Gasteiger partial charge in [-0.3, -0.25) is 14.7 Å². The second kappa shape index (κ2) is 12.8. The molecule has 0 saturated carbocycles. The molecule has 4 N–H and O–H groups in total. The van der Waals surface area contributed by atoms with Crippen LogP contribution in [0.25, 0.3) is 5.70 Å². The smallest absolute Gasteiger partial charge is 0.475 e. The van der Waals surface area contributed by atoms with Crippen molar-refractivity contribution in [1.82, 2.24) is 20.7 Å². The molecule has 204 valence electrons. The fourth-order valence-electron chi connectivity index (χ4n) is 5.19. The van der Waals surface area contributed by atoms with Crippen molar-refractivity contribution in [3.8, 4) is 5.75 Å². The van der Waals surface area contributed by atoms with Crippen molar-refractivity contribution in [2.75, 3.05) is 32.8 Å². The molecule has 8 nitrogen and oxygen atoms in total. The summed E-state index contributed by atoms with van der Waals surface area (Å²) in [6.45, 7) is 9.65. The van der Waals surface area contributed by atoms with Gasteiger partial charge in [0, 0.05) is 6.54 Å². The molecule has 0 spiro atoms. The molecule has 1 fully saturated rings. The Balaban J connectivity index is 1.49. The summed E-state index contributed by atoms with van der Waals surface area (Å²) >= 11 is 0. The molecule has 4 rings (SSSR count). The zero-order chi connectivity index (χ0) is 27.1. The SMILES string of the molecule is CC(C)[C@H](NC(=O)CN1NC(C)(c2cccc(OCCN3CCCCC3)c2)C=C1c1ccccc1)B(O)O. The topological polar surface area (TPSA) is 97.3 Å². The fraction of sp³-hybridized carbons (Fsp3) is 0.483. The summed E-state index contributed by atoms with van der Waals surface area (Å²) in [5.74, 6) is -0.354. The molecule has 0 radical (unpaired) electrons. The Morgan fingerprint density at radius 2 is 1.84 bits per heavy atom. The quantitative estimate of drug-likeness (QED) is 0.339. The van der Waals surface area contributed by atoms with Crippen molar-refractivity contribution < 1.29 is 19.6 Å². The van der Waals surface area contributed by atoms with Crippen LogP contribution < -0.4 is 15.5 Å². The van der Waals surface area contributed by atoms with E-state index in [-0.39, 0.29) is 18.4 Å². The molecule has 2 heterocycles.